The third-order valence-electron chi connectivity index (χ3n) is 8.25. The second kappa shape index (κ2) is 7.44. The number of aryl methyl sites for hydroxylation is 1. The van der Waals surface area contributed by atoms with Gasteiger partial charge in [0, 0.05) is 24.2 Å². The molecule has 0 aromatic heterocycles. The zero-order chi connectivity index (χ0) is 22.7. The van der Waals surface area contributed by atoms with Crippen molar-refractivity contribution in [2.24, 2.45) is 0 Å². The van der Waals surface area contributed by atoms with Crippen LogP contribution >= 0.6 is 0 Å². The van der Waals surface area contributed by atoms with Crippen molar-refractivity contribution in [3.8, 4) is 0 Å². The van der Waals surface area contributed by atoms with Gasteiger partial charge in [0.1, 0.15) is 5.66 Å². The summed E-state index contributed by atoms with van der Waals surface area (Å²) in [6.07, 6.45) is 4.96. The van der Waals surface area contributed by atoms with Gasteiger partial charge in [-0.25, -0.2) is 8.42 Å². The number of hydrogen-bond acceptors (Lipinski definition) is 3. The highest BCUT2D eigenvalue weighted by Gasteiger charge is 2.70. The van der Waals surface area contributed by atoms with Crippen molar-refractivity contribution in [1.82, 2.24) is 4.31 Å². The van der Waals surface area contributed by atoms with Crippen molar-refractivity contribution in [2.75, 3.05) is 11.4 Å². The van der Waals surface area contributed by atoms with Crippen LogP contribution in [0.3, 0.4) is 0 Å². The van der Waals surface area contributed by atoms with Gasteiger partial charge in [-0.15, -0.1) is 0 Å². The molecule has 33 heavy (non-hydrogen) atoms. The maximum absolute atomic E-state index is 14.2. The van der Waals surface area contributed by atoms with E-state index in [9.17, 15) is 8.42 Å². The lowest BCUT2D eigenvalue weighted by Crippen LogP contribution is -2.65. The first kappa shape index (κ1) is 20.9. The predicted octanol–water partition coefficient (Wildman–Crippen LogP) is 5.62. The summed E-state index contributed by atoms with van der Waals surface area (Å²) in [7, 11) is -3.65. The molecule has 3 aromatic carbocycles. The molecule has 0 bridgehead atoms. The fraction of sp³-hybridized carbons (Fsp3) is 0.357. The minimum atomic E-state index is -3.65. The third-order valence-corrected chi connectivity index (χ3v) is 10.2. The molecule has 2 aliphatic heterocycles. The van der Waals surface area contributed by atoms with E-state index >= 15 is 0 Å². The van der Waals surface area contributed by atoms with Crippen LogP contribution in [0, 0.1) is 6.92 Å². The van der Waals surface area contributed by atoms with Crippen LogP contribution in [0.4, 0.5) is 5.69 Å². The number of benzene rings is 3. The van der Waals surface area contributed by atoms with Crippen LogP contribution in [0.15, 0.2) is 83.8 Å². The molecule has 2 fully saturated rings. The summed E-state index contributed by atoms with van der Waals surface area (Å²) < 4.78 is 30.2. The molecule has 6 rings (SSSR count). The number of anilines is 1. The van der Waals surface area contributed by atoms with Crippen LogP contribution in [0.1, 0.15) is 48.8 Å². The Bertz CT molecular complexity index is 1290. The van der Waals surface area contributed by atoms with Crippen molar-refractivity contribution in [1.29, 1.82) is 0 Å². The van der Waals surface area contributed by atoms with Crippen molar-refractivity contribution in [3.05, 3.63) is 95.6 Å². The Labute approximate surface area is 196 Å². The largest absolute Gasteiger partial charge is 0.347 e. The highest BCUT2D eigenvalue weighted by Crippen LogP contribution is 2.65. The van der Waals surface area contributed by atoms with Crippen LogP contribution in [0.5, 0.6) is 0 Å². The Morgan fingerprint density at radius 3 is 2.30 bits per heavy atom. The first-order valence-electron chi connectivity index (χ1n) is 12.0. The van der Waals surface area contributed by atoms with E-state index in [4.69, 9.17) is 0 Å². The van der Waals surface area contributed by atoms with Gasteiger partial charge in [0.05, 0.1) is 4.90 Å². The van der Waals surface area contributed by atoms with E-state index in [-0.39, 0.29) is 5.41 Å². The summed E-state index contributed by atoms with van der Waals surface area (Å²) in [5, 5.41) is 0. The average Bonchev–Trinajstić information content (AvgIpc) is 3.31. The SMILES string of the molecule is Cc1ccc(S(=O)(=O)N2CC[C@@]34CCCC[C@@]23N(Cc2ccccc2)c2ccccc24)cc1. The Hall–Kier alpha value is -2.63. The lowest BCUT2D eigenvalue weighted by molar-refractivity contribution is 0.104. The fourth-order valence-electron chi connectivity index (χ4n) is 6.87. The van der Waals surface area contributed by atoms with Crippen molar-refractivity contribution < 1.29 is 8.42 Å². The maximum atomic E-state index is 14.2. The van der Waals surface area contributed by atoms with Gasteiger partial charge in [0.25, 0.3) is 0 Å². The van der Waals surface area contributed by atoms with Crippen LogP contribution < -0.4 is 4.90 Å². The normalized spacial score (nSPS) is 26.6. The van der Waals surface area contributed by atoms with E-state index in [1.807, 2.05) is 29.4 Å². The van der Waals surface area contributed by atoms with Crippen molar-refractivity contribution in [3.63, 3.8) is 0 Å². The number of fused-ring (bicyclic) bond motifs is 1. The summed E-state index contributed by atoms with van der Waals surface area (Å²) in [6.45, 7) is 3.27. The quantitative estimate of drug-likeness (QED) is 0.510. The van der Waals surface area contributed by atoms with E-state index in [2.05, 4.69) is 53.4 Å². The molecule has 3 aromatic rings. The summed E-state index contributed by atoms with van der Waals surface area (Å²) in [5.41, 5.74) is 4.10. The van der Waals surface area contributed by atoms with Crippen molar-refractivity contribution >= 4 is 15.7 Å². The molecule has 1 saturated heterocycles. The van der Waals surface area contributed by atoms with Crippen LogP contribution in [0.25, 0.3) is 0 Å². The van der Waals surface area contributed by atoms with Gasteiger partial charge >= 0.3 is 0 Å². The van der Waals surface area contributed by atoms with E-state index in [0.29, 0.717) is 18.0 Å². The van der Waals surface area contributed by atoms with Crippen LogP contribution in [-0.2, 0) is 22.0 Å². The van der Waals surface area contributed by atoms with Gasteiger partial charge in [0.2, 0.25) is 10.0 Å². The Morgan fingerprint density at radius 1 is 0.818 bits per heavy atom. The van der Waals surface area contributed by atoms with Crippen LogP contribution in [0.2, 0.25) is 0 Å². The molecule has 0 unspecified atom stereocenters. The fourth-order valence-corrected chi connectivity index (χ4v) is 8.70. The monoisotopic (exact) mass is 458 g/mol. The Morgan fingerprint density at radius 2 is 1.52 bits per heavy atom. The maximum Gasteiger partial charge on any atom is 0.245 e. The summed E-state index contributed by atoms with van der Waals surface area (Å²) in [6, 6.07) is 26.5. The van der Waals surface area contributed by atoms with E-state index < -0.39 is 15.7 Å². The molecule has 0 amide bonds. The number of nitrogens with zero attached hydrogens (tertiary/aromatic N) is 2. The standard InChI is InChI=1S/C28H30N2O2S/c1-22-13-15-24(16-14-22)33(31,32)30-20-19-27-17-7-8-18-28(27,30)29(21-23-9-3-2-4-10-23)26-12-6-5-11-25(26)27/h2-6,9-16H,7-8,17-21H2,1H3/t27-,28-/m1/s1. The predicted molar refractivity (Wildman–Crippen MR) is 132 cm³/mol. The van der Waals surface area contributed by atoms with E-state index in [1.54, 1.807) is 12.1 Å². The van der Waals surface area contributed by atoms with E-state index in [0.717, 1.165) is 37.7 Å². The number of hydrogen-bond donors (Lipinski definition) is 0. The molecule has 2 atom stereocenters. The number of rotatable bonds is 4. The molecule has 1 aliphatic carbocycles. The molecule has 2 heterocycles. The minimum Gasteiger partial charge on any atom is -0.347 e. The van der Waals surface area contributed by atoms with E-state index in [1.165, 1.54) is 16.8 Å². The van der Waals surface area contributed by atoms with Gasteiger partial charge in [-0.2, -0.15) is 4.31 Å². The lowest BCUT2D eigenvalue weighted by Gasteiger charge is -2.53. The highest BCUT2D eigenvalue weighted by atomic mass is 32.2. The van der Waals surface area contributed by atoms with Gasteiger partial charge in [0.15, 0.2) is 0 Å². The zero-order valence-electron chi connectivity index (χ0n) is 19.1. The zero-order valence-corrected chi connectivity index (χ0v) is 19.9. The Balaban J connectivity index is 1.56. The summed E-state index contributed by atoms with van der Waals surface area (Å²) in [5.74, 6) is 0. The van der Waals surface area contributed by atoms with Crippen LogP contribution in [-0.4, -0.2) is 24.9 Å². The lowest BCUT2D eigenvalue weighted by atomic mass is 9.64. The molecule has 4 nitrogen and oxygen atoms in total. The molecule has 0 spiro atoms. The highest BCUT2D eigenvalue weighted by molar-refractivity contribution is 7.89. The summed E-state index contributed by atoms with van der Waals surface area (Å²) in [4.78, 5) is 2.84. The topological polar surface area (TPSA) is 40.6 Å². The smallest absolute Gasteiger partial charge is 0.245 e. The average molecular weight is 459 g/mol. The summed E-state index contributed by atoms with van der Waals surface area (Å²) >= 11 is 0. The van der Waals surface area contributed by atoms with Crippen molar-refractivity contribution in [2.45, 2.75) is 61.5 Å². The van der Waals surface area contributed by atoms with Gasteiger partial charge < -0.3 is 4.90 Å². The molecular formula is C28H30N2O2S. The molecular weight excluding hydrogens is 428 g/mol. The van der Waals surface area contributed by atoms with Gasteiger partial charge in [-0.05, 0) is 61.9 Å². The number of para-hydroxylation sites is 1. The second-order valence-electron chi connectivity index (χ2n) is 9.83. The number of sulfonamides is 1. The molecule has 0 N–H and O–H groups in total. The van der Waals surface area contributed by atoms with Gasteiger partial charge in [-0.3, -0.25) is 0 Å². The molecule has 3 aliphatic rings. The van der Waals surface area contributed by atoms with Gasteiger partial charge in [-0.1, -0.05) is 72.6 Å². The molecule has 170 valence electrons. The first-order chi connectivity index (χ1) is 16.0. The molecule has 5 heteroatoms. The minimum absolute atomic E-state index is 0.158. The molecule has 1 saturated carbocycles. The first-order valence-corrected chi connectivity index (χ1v) is 13.4. The Kier molecular flexibility index (Phi) is 4.72. The third kappa shape index (κ3) is 2.82. The molecule has 0 radical (unpaired) electrons. The second-order valence-corrected chi connectivity index (χ2v) is 11.7.